The van der Waals surface area contributed by atoms with Gasteiger partial charge in [0.15, 0.2) is 0 Å². The Balaban J connectivity index is 0.000000342. The molecule has 0 atom stereocenters. The molecule has 2 aliphatic heterocycles. The Bertz CT molecular complexity index is 122. The van der Waals surface area contributed by atoms with Crippen molar-refractivity contribution in [3.8, 4) is 0 Å². The van der Waals surface area contributed by atoms with Crippen molar-refractivity contribution in [2.75, 3.05) is 26.3 Å². The molecular weight excluding hydrogens is 186 g/mol. The summed E-state index contributed by atoms with van der Waals surface area (Å²) in [6.07, 6.45) is 5.20. The molecule has 2 fully saturated rings. The van der Waals surface area contributed by atoms with Crippen LogP contribution in [0.1, 0.15) is 53.4 Å². The van der Waals surface area contributed by atoms with Gasteiger partial charge in [-0.2, -0.15) is 0 Å². The first-order chi connectivity index (χ1) is 7.33. The Kier molecular flexibility index (Phi) is 9.12. The number of rotatable bonds is 0. The van der Waals surface area contributed by atoms with E-state index in [1.165, 1.54) is 38.8 Å². The van der Waals surface area contributed by atoms with Crippen molar-refractivity contribution in [3.05, 3.63) is 0 Å². The summed E-state index contributed by atoms with van der Waals surface area (Å²) in [6, 6.07) is 0. The minimum absolute atomic E-state index is 0.589. The Morgan fingerprint density at radius 3 is 2.00 bits per heavy atom. The van der Waals surface area contributed by atoms with Crippen LogP contribution in [0.15, 0.2) is 0 Å². The van der Waals surface area contributed by atoms with Gasteiger partial charge < -0.3 is 10.1 Å². The number of hydrogen-bond donors (Lipinski definition) is 1. The summed E-state index contributed by atoms with van der Waals surface area (Å²) in [4.78, 5) is 0. The molecule has 0 aromatic heterocycles. The van der Waals surface area contributed by atoms with Crippen molar-refractivity contribution >= 4 is 0 Å². The topological polar surface area (TPSA) is 21.3 Å². The van der Waals surface area contributed by atoms with Crippen LogP contribution >= 0.6 is 0 Å². The Morgan fingerprint density at radius 2 is 1.60 bits per heavy atom. The average molecular weight is 215 g/mol. The highest BCUT2D eigenvalue weighted by atomic mass is 16.5. The van der Waals surface area contributed by atoms with Gasteiger partial charge in [0.1, 0.15) is 0 Å². The summed E-state index contributed by atoms with van der Waals surface area (Å²) >= 11 is 0. The number of nitrogens with one attached hydrogen (secondary N) is 1. The van der Waals surface area contributed by atoms with Crippen LogP contribution in [0.2, 0.25) is 0 Å². The molecule has 2 heteroatoms. The zero-order valence-electron chi connectivity index (χ0n) is 11.1. The number of ether oxygens (including phenoxy) is 1. The van der Waals surface area contributed by atoms with Gasteiger partial charge in [-0.1, -0.05) is 34.1 Å². The molecule has 0 aromatic carbocycles. The van der Waals surface area contributed by atoms with Crippen molar-refractivity contribution in [1.29, 1.82) is 0 Å². The SMILES string of the molecule is C1CC2(CCN1)CCOC2.CC.CCC. The molecule has 0 aliphatic carbocycles. The lowest BCUT2D eigenvalue weighted by molar-refractivity contribution is 0.128. The van der Waals surface area contributed by atoms with E-state index in [1.54, 1.807) is 0 Å². The molecule has 0 aromatic rings. The van der Waals surface area contributed by atoms with E-state index in [4.69, 9.17) is 4.74 Å². The van der Waals surface area contributed by atoms with Gasteiger partial charge >= 0.3 is 0 Å². The number of hydrogen-bond acceptors (Lipinski definition) is 2. The molecule has 2 aliphatic rings. The Hall–Kier alpha value is -0.0800. The Labute approximate surface area is 95.8 Å². The summed E-state index contributed by atoms with van der Waals surface area (Å²) in [6.45, 7) is 12.7. The highest BCUT2D eigenvalue weighted by Crippen LogP contribution is 2.36. The van der Waals surface area contributed by atoms with Crippen LogP contribution in [0.25, 0.3) is 0 Å². The second-order valence-corrected chi connectivity index (χ2v) is 4.26. The largest absolute Gasteiger partial charge is 0.381 e. The van der Waals surface area contributed by atoms with Crippen molar-refractivity contribution in [1.82, 2.24) is 5.32 Å². The molecule has 0 amide bonds. The molecule has 0 unspecified atom stereocenters. The molecule has 0 saturated carbocycles. The van der Waals surface area contributed by atoms with Crippen molar-refractivity contribution < 1.29 is 4.74 Å². The maximum Gasteiger partial charge on any atom is 0.0524 e. The van der Waals surface area contributed by atoms with Crippen LogP contribution in [0.5, 0.6) is 0 Å². The van der Waals surface area contributed by atoms with E-state index < -0.39 is 0 Å². The first kappa shape index (κ1) is 14.9. The van der Waals surface area contributed by atoms with Gasteiger partial charge in [0.25, 0.3) is 0 Å². The van der Waals surface area contributed by atoms with Crippen LogP contribution in [-0.4, -0.2) is 26.3 Å². The molecule has 0 radical (unpaired) electrons. The zero-order chi connectivity index (χ0) is 11.6. The lowest BCUT2D eigenvalue weighted by Gasteiger charge is -2.31. The van der Waals surface area contributed by atoms with Gasteiger partial charge in [0.2, 0.25) is 0 Å². The van der Waals surface area contributed by atoms with E-state index in [2.05, 4.69) is 19.2 Å². The van der Waals surface area contributed by atoms with Crippen LogP contribution in [0, 0.1) is 5.41 Å². The van der Waals surface area contributed by atoms with E-state index in [9.17, 15) is 0 Å². The third-order valence-electron chi connectivity index (χ3n) is 2.85. The molecule has 2 heterocycles. The molecule has 1 spiro atoms. The molecule has 2 saturated heterocycles. The van der Waals surface area contributed by atoms with Crippen LogP contribution < -0.4 is 5.32 Å². The van der Waals surface area contributed by atoms with E-state index in [-0.39, 0.29) is 0 Å². The lowest BCUT2D eigenvalue weighted by Crippen LogP contribution is -2.36. The molecular formula is C13H29NO. The van der Waals surface area contributed by atoms with Gasteiger partial charge in [-0.15, -0.1) is 0 Å². The molecule has 0 bridgehead atoms. The second kappa shape index (κ2) is 9.17. The predicted molar refractivity (Wildman–Crippen MR) is 67.3 cm³/mol. The summed E-state index contributed by atoms with van der Waals surface area (Å²) in [5, 5.41) is 3.38. The lowest BCUT2D eigenvalue weighted by atomic mass is 9.79. The zero-order valence-corrected chi connectivity index (χ0v) is 11.1. The summed E-state index contributed by atoms with van der Waals surface area (Å²) in [7, 11) is 0. The summed E-state index contributed by atoms with van der Waals surface area (Å²) < 4.78 is 5.41. The second-order valence-electron chi connectivity index (χ2n) is 4.26. The van der Waals surface area contributed by atoms with Gasteiger partial charge in [-0.3, -0.25) is 0 Å². The summed E-state index contributed by atoms with van der Waals surface area (Å²) in [5.74, 6) is 0. The van der Waals surface area contributed by atoms with Gasteiger partial charge in [-0.05, 0) is 37.8 Å². The molecule has 2 nitrogen and oxygen atoms in total. The molecule has 92 valence electrons. The molecule has 1 N–H and O–H groups in total. The van der Waals surface area contributed by atoms with Gasteiger partial charge in [-0.25, -0.2) is 0 Å². The minimum Gasteiger partial charge on any atom is -0.381 e. The molecule has 2 rings (SSSR count). The third-order valence-corrected chi connectivity index (χ3v) is 2.85. The first-order valence-corrected chi connectivity index (χ1v) is 6.61. The van der Waals surface area contributed by atoms with Crippen molar-refractivity contribution in [2.45, 2.75) is 53.4 Å². The maximum absolute atomic E-state index is 5.41. The highest BCUT2D eigenvalue weighted by molar-refractivity contribution is 4.87. The highest BCUT2D eigenvalue weighted by Gasteiger charge is 2.35. The molecule has 15 heavy (non-hydrogen) atoms. The third kappa shape index (κ3) is 5.53. The monoisotopic (exact) mass is 215 g/mol. The number of piperidine rings is 1. The quantitative estimate of drug-likeness (QED) is 0.670. The van der Waals surface area contributed by atoms with Crippen molar-refractivity contribution in [3.63, 3.8) is 0 Å². The average Bonchev–Trinajstić information content (AvgIpc) is 2.72. The van der Waals surface area contributed by atoms with Gasteiger partial charge in [0.05, 0.1) is 6.61 Å². The minimum atomic E-state index is 0.589. The predicted octanol–water partition coefficient (Wildman–Crippen LogP) is 3.22. The van der Waals surface area contributed by atoms with Crippen molar-refractivity contribution in [2.24, 2.45) is 5.41 Å². The smallest absolute Gasteiger partial charge is 0.0524 e. The maximum atomic E-state index is 5.41. The van der Waals surface area contributed by atoms with Crippen LogP contribution in [0.3, 0.4) is 0 Å². The summed E-state index contributed by atoms with van der Waals surface area (Å²) in [5.41, 5.74) is 0.589. The van der Waals surface area contributed by atoms with Crippen LogP contribution in [0.4, 0.5) is 0 Å². The van der Waals surface area contributed by atoms with E-state index in [0.717, 1.165) is 13.2 Å². The standard InChI is InChI=1S/C8H15NO.C3H8.C2H6/c1-4-9-5-2-8(1)3-6-10-7-8;1-3-2;1-2/h9H,1-7H2;3H2,1-2H3;1-2H3. The van der Waals surface area contributed by atoms with Crippen LogP contribution in [-0.2, 0) is 4.74 Å². The fourth-order valence-electron chi connectivity index (χ4n) is 2.00. The fraction of sp³-hybridized carbons (Fsp3) is 1.00. The van der Waals surface area contributed by atoms with E-state index in [1.807, 2.05) is 13.8 Å². The van der Waals surface area contributed by atoms with E-state index in [0.29, 0.717) is 5.41 Å². The van der Waals surface area contributed by atoms with Gasteiger partial charge in [0, 0.05) is 6.61 Å². The first-order valence-electron chi connectivity index (χ1n) is 6.61. The Morgan fingerprint density at radius 1 is 1.07 bits per heavy atom. The fourth-order valence-corrected chi connectivity index (χ4v) is 2.00. The normalized spacial score (nSPS) is 22.4. The van der Waals surface area contributed by atoms with E-state index >= 15 is 0 Å².